The Morgan fingerprint density at radius 1 is 1.11 bits per heavy atom. The molecule has 1 atom stereocenters. The molecule has 1 rings (SSSR count). The Labute approximate surface area is 178 Å². The van der Waals surface area contributed by atoms with Crippen LogP contribution in [0.15, 0.2) is 30.9 Å². The fourth-order valence-electron chi connectivity index (χ4n) is 1.76. The summed E-state index contributed by atoms with van der Waals surface area (Å²) in [4.78, 5) is 46.3. The van der Waals surface area contributed by atoms with Crippen LogP contribution < -0.4 is 34.7 Å². The molecule has 0 aliphatic heterocycles. The van der Waals surface area contributed by atoms with Gasteiger partial charge in [-0.15, -0.1) is 0 Å². The number of rotatable bonds is 9. The molecule has 0 saturated heterocycles. The van der Waals surface area contributed by atoms with E-state index in [0.29, 0.717) is 6.42 Å². The molecule has 0 bridgehead atoms. The van der Waals surface area contributed by atoms with Crippen molar-refractivity contribution in [3.05, 3.63) is 47.5 Å². The fourth-order valence-corrected chi connectivity index (χ4v) is 1.76. The zero-order valence-electron chi connectivity index (χ0n) is 15.5. The summed E-state index contributed by atoms with van der Waals surface area (Å²) in [7, 11) is 0. The van der Waals surface area contributed by atoms with Gasteiger partial charge in [-0.05, 0) is 31.0 Å². The Morgan fingerprint density at radius 3 is 2.30 bits per heavy atom. The van der Waals surface area contributed by atoms with Crippen LogP contribution in [0.2, 0.25) is 0 Å². The van der Waals surface area contributed by atoms with Gasteiger partial charge in [0.25, 0.3) is 0 Å². The Balaban J connectivity index is 0.00000676. The molecule has 140 valence electrons. The molecule has 0 radical (unpaired) electrons. The van der Waals surface area contributed by atoms with Crippen molar-refractivity contribution in [2.45, 2.75) is 26.4 Å². The number of carboxylic acid groups (broad SMARTS) is 1. The third kappa shape index (κ3) is 7.94. The third-order valence-corrected chi connectivity index (χ3v) is 3.31. The Kier molecular flexibility index (Phi) is 11.3. The molecule has 1 aromatic carbocycles. The van der Waals surface area contributed by atoms with Crippen LogP contribution in [0, 0.1) is 0 Å². The molecule has 9 heteroatoms. The van der Waals surface area contributed by atoms with Gasteiger partial charge in [-0.2, -0.15) is 0 Å². The van der Waals surface area contributed by atoms with E-state index in [1.165, 1.54) is 0 Å². The minimum atomic E-state index is -1.51. The van der Waals surface area contributed by atoms with Crippen molar-refractivity contribution in [3.8, 4) is 0 Å². The average Bonchev–Trinajstić information content (AvgIpc) is 2.63. The van der Waals surface area contributed by atoms with Gasteiger partial charge in [-0.3, -0.25) is 0 Å². The van der Waals surface area contributed by atoms with Crippen molar-refractivity contribution in [1.82, 2.24) is 0 Å². The van der Waals surface area contributed by atoms with Crippen LogP contribution in [0.3, 0.4) is 0 Å². The van der Waals surface area contributed by atoms with E-state index in [2.05, 4.69) is 11.3 Å². The van der Waals surface area contributed by atoms with Crippen LogP contribution in [-0.2, 0) is 19.0 Å². The second-order valence-electron chi connectivity index (χ2n) is 5.18. The number of esters is 3. The SMILES string of the molecule is C=CC(=O)OCCOC(=O)c1cc(C(=O)[O-])ccc1C(=O)OC(C)CC.[Na+]. The molecule has 0 amide bonds. The molecule has 0 spiro atoms. The van der Waals surface area contributed by atoms with Gasteiger partial charge in [0, 0.05) is 6.08 Å². The first-order valence-electron chi connectivity index (χ1n) is 7.82. The molecule has 0 aliphatic carbocycles. The van der Waals surface area contributed by atoms with E-state index in [4.69, 9.17) is 9.47 Å². The van der Waals surface area contributed by atoms with E-state index in [1.807, 2.05) is 6.92 Å². The number of carbonyl (C=O) groups excluding carboxylic acids is 4. The molecular weight excluding hydrogens is 367 g/mol. The summed E-state index contributed by atoms with van der Waals surface area (Å²) >= 11 is 0. The summed E-state index contributed by atoms with van der Waals surface area (Å²) < 4.78 is 14.7. The number of hydrogen-bond acceptors (Lipinski definition) is 8. The van der Waals surface area contributed by atoms with Gasteiger partial charge < -0.3 is 24.1 Å². The van der Waals surface area contributed by atoms with Crippen molar-refractivity contribution in [3.63, 3.8) is 0 Å². The van der Waals surface area contributed by atoms with Crippen LogP contribution >= 0.6 is 0 Å². The first-order valence-corrected chi connectivity index (χ1v) is 7.82. The van der Waals surface area contributed by atoms with Crippen molar-refractivity contribution in [2.75, 3.05) is 13.2 Å². The number of carbonyl (C=O) groups is 4. The Hall–Kier alpha value is -2.16. The standard InChI is InChI=1S/C18H20O8.Na/c1-4-11(3)26-18(23)13-7-6-12(16(20)21)10-14(13)17(22)25-9-8-24-15(19)5-2;/h5-7,10-11H,2,4,8-9H2,1,3H3,(H,20,21);/q;+1/p-1. The van der Waals surface area contributed by atoms with Crippen molar-refractivity contribution in [1.29, 1.82) is 0 Å². The van der Waals surface area contributed by atoms with Gasteiger partial charge in [0.2, 0.25) is 0 Å². The first kappa shape index (κ1) is 24.8. The van der Waals surface area contributed by atoms with E-state index in [-0.39, 0.29) is 65.6 Å². The van der Waals surface area contributed by atoms with Crippen molar-refractivity contribution >= 4 is 23.9 Å². The van der Waals surface area contributed by atoms with E-state index in [1.54, 1.807) is 6.92 Å². The average molecular weight is 386 g/mol. The number of ether oxygens (including phenoxy) is 3. The zero-order chi connectivity index (χ0) is 19.7. The molecule has 0 aromatic heterocycles. The molecule has 0 saturated carbocycles. The van der Waals surface area contributed by atoms with E-state index >= 15 is 0 Å². The minimum absolute atomic E-state index is 0. The molecule has 0 heterocycles. The zero-order valence-corrected chi connectivity index (χ0v) is 17.5. The van der Waals surface area contributed by atoms with E-state index < -0.39 is 23.9 Å². The number of hydrogen-bond donors (Lipinski definition) is 0. The molecule has 0 aliphatic rings. The topological polar surface area (TPSA) is 119 Å². The maximum atomic E-state index is 12.2. The molecule has 0 N–H and O–H groups in total. The summed E-state index contributed by atoms with van der Waals surface area (Å²) in [5.41, 5.74) is -0.714. The summed E-state index contributed by atoms with van der Waals surface area (Å²) in [5.74, 6) is -3.94. The second kappa shape index (κ2) is 12.3. The predicted molar refractivity (Wildman–Crippen MR) is 87.4 cm³/mol. The molecule has 8 nitrogen and oxygen atoms in total. The predicted octanol–water partition coefficient (Wildman–Crippen LogP) is -2.10. The van der Waals surface area contributed by atoms with E-state index in [0.717, 1.165) is 24.3 Å². The van der Waals surface area contributed by atoms with Gasteiger partial charge in [0.15, 0.2) is 0 Å². The summed E-state index contributed by atoms with van der Waals surface area (Å²) in [6.07, 6.45) is 1.14. The summed E-state index contributed by atoms with van der Waals surface area (Å²) in [6, 6.07) is 3.26. The molecular formula is C18H19NaO8. The smallest absolute Gasteiger partial charge is 0.545 e. The maximum absolute atomic E-state index is 12.2. The largest absolute Gasteiger partial charge is 1.00 e. The molecule has 0 fully saturated rings. The maximum Gasteiger partial charge on any atom is 1.00 e. The van der Waals surface area contributed by atoms with Gasteiger partial charge >= 0.3 is 47.5 Å². The Morgan fingerprint density at radius 2 is 1.74 bits per heavy atom. The Bertz CT molecular complexity index is 713. The van der Waals surface area contributed by atoms with Gasteiger partial charge in [0.1, 0.15) is 13.2 Å². The van der Waals surface area contributed by atoms with Crippen LogP contribution in [0.5, 0.6) is 0 Å². The third-order valence-electron chi connectivity index (χ3n) is 3.31. The second-order valence-corrected chi connectivity index (χ2v) is 5.18. The quantitative estimate of drug-likeness (QED) is 0.156. The van der Waals surface area contributed by atoms with Gasteiger partial charge in [-0.1, -0.05) is 19.6 Å². The first-order chi connectivity index (χ1) is 12.3. The number of aromatic carboxylic acids is 1. The minimum Gasteiger partial charge on any atom is -0.545 e. The van der Waals surface area contributed by atoms with Crippen molar-refractivity contribution < 1.29 is 68.1 Å². The van der Waals surface area contributed by atoms with Gasteiger partial charge in [-0.25, -0.2) is 14.4 Å². The van der Waals surface area contributed by atoms with E-state index in [9.17, 15) is 24.3 Å². The van der Waals surface area contributed by atoms with Crippen LogP contribution in [0.25, 0.3) is 0 Å². The number of benzene rings is 1. The fraction of sp³-hybridized carbons (Fsp3) is 0.333. The summed E-state index contributed by atoms with van der Waals surface area (Å²) in [6.45, 7) is 6.21. The summed E-state index contributed by atoms with van der Waals surface area (Å²) in [5, 5.41) is 11.0. The molecule has 1 unspecified atom stereocenters. The normalized spacial score (nSPS) is 10.7. The van der Waals surface area contributed by atoms with Crippen LogP contribution in [0.4, 0.5) is 0 Å². The monoisotopic (exact) mass is 386 g/mol. The number of carboxylic acids is 1. The van der Waals surface area contributed by atoms with Crippen molar-refractivity contribution in [2.24, 2.45) is 0 Å². The molecule has 1 aromatic rings. The van der Waals surface area contributed by atoms with Gasteiger partial charge in [0.05, 0.1) is 23.2 Å². The molecule has 27 heavy (non-hydrogen) atoms. The van der Waals surface area contributed by atoms with Crippen LogP contribution in [0.1, 0.15) is 51.3 Å². The van der Waals surface area contributed by atoms with Crippen LogP contribution in [-0.4, -0.2) is 43.2 Å².